The molecule has 0 unspecified atom stereocenters. The predicted octanol–water partition coefficient (Wildman–Crippen LogP) is 1.45. The predicted molar refractivity (Wildman–Crippen MR) is 115 cm³/mol. The van der Waals surface area contributed by atoms with E-state index in [1.54, 1.807) is 6.07 Å². The van der Waals surface area contributed by atoms with E-state index >= 15 is 0 Å². The normalized spacial score (nSPS) is 14.7. The Bertz CT molecular complexity index is 806. The van der Waals surface area contributed by atoms with E-state index in [1.165, 1.54) is 0 Å². The molecular weight excluding hydrogens is 404 g/mol. The van der Waals surface area contributed by atoms with Gasteiger partial charge in [0.2, 0.25) is 0 Å². The summed E-state index contributed by atoms with van der Waals surface area (Å²) in [5.74, 6) is -0.383. The van der Waals surface area contributed by atoms with Gasteiger partial charge in [0, 0.05) is 26.2 Å². The maximum atomic E-state index is 11.6. The number of rotatable bonds is 9. The number of aliphatic hydroxyl groups excluding tert-OH is 1. The molecule has 0 fully saturated rings. The van der Waals surface area contributed by atoms with Crippen molar-refractivity contribution in [3.63, 3.8) is 0 Å². The third kappa shape index (κ3) is 8.33. The van der Waals surface area contributed by atoms with Gasteiger partial charge in [-0.2, -0.15) is 0 Å². The number of ether oxygens (including phenoxy) is 2. The Morgan fingerprint density at radius 2 is 1.97 bits per heavy atom. The average molecular weight is 437 g/mol. The Morgan fingerprint density at radius 1 is 1.26 bits per heavy atom. The van der Waals surface area contributed by atoms with Crippen molar-refractivity contribution in [3.8, 4) is 5.75 Å². The van der Waals surface area contributed by atoms with Crippen molar-refractivity contribution in [1.29, 1.82) is 0 Å². The molecule has 0 saturated carbocycles. The molecule has 31 heavy (non-hydrogen) atoms. The standard InChI is InChI=1S/C21H32N4O6/c1-21(2,3)31-20(29)24-9-5-4-8-23-19(22)25-11-14-6-7-16(10-15(14)12-25)30-13-17(26)18(27)28/h6-7,10,17,26H,4-5,8-9,11-13H2,1-3H3,(H2,22,23)(H,24,29)(H,27,28)/t17-/m1/s1. The molecule has 1 amide bonds. The second kappa shape index (κ2) is 10.9. The van der Waals surface area contributed by atoms with Gasteiger partial charge in [0.15, 0.2) is 12.1 Å². The number of carboxylic acid groups (broad SMARTS) is 1. The summed E-state index contributed by atoms with van der Waals surface area (Å²) >= 11 is 0. The zero-order valence-electron chi connectivity index (χ0n) is 18.3. The number of amides is 1. The molecule has 0 radical (unpaired) electrons. The quantitative estimate of drug-likeness (QED) is 0.258. The molecule has 2 rings (SSSR count). The van der Waals surface area contributed by atoms with Crippen LogP contribution < -0.4 is 15.8 Å². The highest BCUT2D eigenvalue weighted by Crippen LogP contribution is 2.26. The second-order valence-electron chi connectivity index (χ2n) is 8.33. The van der Waals surface area contributed by atoms with Gasteiger partial charge in [0.1, 0.15) is 18.0 Å². The van der Waals surface area contributed by atoms with Gasteiger partial charge >= 0.3 is 12.1 Å². The van der Waals surface area contributed by atoms with Crippen LogP contribution in [0.15, 0.2) is 23.2 Å². The Morgan fingerprint density at radius 3 is 2.65 bits per heavy atom. The maximum Gasteiger partial charge on any atom is 0.407 e. The number of unbranched alkanes of at least 4 members (excludes halogenated alkanes) is 1. The maximum absolute atomic E-state index is 11.6. The fourth-order valence-electron chi connectivity index (χ4n) is 2.90. The molecule has 1 aromatic rings. The number of aliphatic hydroxyl groups is 1. The number of benzene rings is 1. The monoisotopic (exact) mass is 436 g/mol. The van der Waals surface area contributed by atoms with Crippen molar-refractivity contribution in [2.75, 3.05) is 19.7 Å². The number of hydrogen-bond donors (Lipinski definition) is 4. The van der Waals surface area contributed by atoms with E-state index in [1.807, 2.05) is 37.8 Å². The average Bonchev–Trinajstić information content (AvgIpc) is 3.10. The molecule has 5 N–H and O–H groups in total. The Balaban J connectivity index is 1.72. The largest absolute Gasteiger partial charge is 0.490 e. The van der Waals surface area contributed by atoms with E-state index in [4.69, 9.17) is 20.3 Å². The highest BCUT2D eigenvalue weighted by molar-refractivity contribution is 5.78. The molecule has 0 bridgehead atoms. The minimum atomic E-state index is -1.56. The number of nitrogens with zero attached hydrogens (tertiary/aromatic N) is 2. The summed E-state index contributed by atoms with van der Waals surface area (Å²) in [6, 6.07) is 5.45. The SMILES string of the molecule is CC(C)(C)OC(=O)NCCCCN=C(N)N1Cc2ccc(OC[C@@H](O)C(=O)O)cc2C1. The van der Waals surface area contributed by atoms with E-state index in [0.29, 0.717) is 37.9 Å². The summed E-state index contributed by atoms with van der Waals surface area (Å²) in [5.41, 5.74) is 7.71. The number of nitrogens with two attached hydrogens (primary N) is 1. The minimum absolute atomic E-state index is 0.315. The summed E-state index contributed by atoms with van der Waals surface area (Å²) < 4.78 is 10.5. The number of fused-ring (bicyclic) bond motifs is 1. The molecule has 0 aromatic heterocycles. The van der Waals surface area contributed by atoms with Gasteiger partial charge in [-0.1, -0.05) is 6.07 Å². The van der Waals surface area contributed by atoms with Gasteiger partial charge in [-0.05, 0) is 56.9 Å². The lowest BCUT2D eigenvalue weighted by Crippen LogP contribution is -2.33. The lowest BCUT2D eigenvalue weighted by Gasteiger charge is -2.19. The molecule has 1 aliphatic heterocycles. The first-order chi connectivity index (χ1) is 14.5. The van der Waals surface area contributed by atoms with Crippen LogP contribution in [0.2, 0.25) is 0 Å². The van der Waals surface area contributed by atoms with Crippen LogP contribution in [0, 0.1) is 0 Å². The highest BCUT2D eigenvalue weighted by Gasteiger charge is 2.21. The number of carbonyl (C=O) groups is 2. The summed E-state index contributed by atoms with van der Waals surface area (Å²) in [6.45, 7) is 7.40. The van der Waals surface area contributed by atoms with Crippen molar-refractivity contribution < 1.29 is 29.3 Å². The first-order valence-corrected chi connectivity index (χ1v) is 10.2. The number of aliphatic carboxylic acids is 1. The van der Waals surface area contributed by atoms with Crippen molar-refractivity contribution in [2.24, 2.45) is 10.7 Å². The number of guanidine groups is 1. The Kier molecular flexibility index (Phi) is 8.49. The summed E-state index contributed by atoms with van der Waals surface area (Å²) in [5, 5.41) is 20.7. The van der Waals surface area contributed by atoms with Crippen molar-refractivity contribution >= 4 is 18.0 Å². The first kappa shape index (κ1) is 24.3. The van der Waals surface area contributed by atoms with Crippen LogP contribution in [0.25, 0.3) is 0 Å². The van der Waals surface area contributed by atoms with Crippen LogP contribution in [0.4, 0.5) is 4.79 Å². The van der Waals surface area contributed by atoms with Gasteiger partial charge in [0.25, 0.3) is 0 Å². The van der Waals surface area contributed by atoms with E-state index in [-0.39, 0.29) is 6.61 Å². The molecule has 10 heteroatoms. The first-order valence-electron chi connectivity index (χ1n) is 10.2. The number of nitrogens with one attached hydrogen (secondary N) is 1. The van der Waals surface area contributed by atoms with E-state index in [9.17, 15) is 14.7 Å². The van der Waals surface area contributed by atoms with E-state index < -0.39 is 23.8 Å². The third-order valence-electron chi connectivity index (χ3n) is 4.44. The van der Waals surface area contributed by atoms with E-state index in [2.05, 4.69) is 10.3 Å². The summed E-state index contributed by atoms with van der Waals surface area (Å²) in [6.07, 6.45) is -0.446. The van der Waals surface area contributed by atoms with Gasteiger partial charge in [0.05, 0.1) is 0 Å². The molecule has 172 valence electrons. The highest BCUT2D eigenvalue weighted by atomic mass is 16.6. The van der Waals surface area contributed by atoms with Crippen LogP contribution in [-0.2, 0) is 22.6 Å². The molecule has 1 aliphatic rings. The lowest BCUT2D eigenvalue weighted by atomic mass is 10.1. The van der Waals surface area contributed by atoms with Crippen molar-refractivity contribution in [1.82, 2.24) is 10.2 Å². The van der Waals surface area contributed by atoms with Gasteiger partial charge in [-0.3, -0.25) is 4.99 Å². The topological polar surface area (TPSA) is 147 Å². The number of aliphatic imine (C=N–C) groups is 1. The number of carbonyl (C=O) groups excluding carboxylic acids is 1. The van der Waals surface area contributed by atoms with Crippen LogP contribution in [0.3, 0.4) is 0 Å². The minimum Gasteiger partial charge on any atom is -0.490 e. The second-order valence-corrected chi connectivity index (χ2v) is 8.33. The van der Waals surface area contributed by atoms with Crippen LogP contribution in [0.1, 0.15) is 44.7 Å². The fourth-order valence-corrected chi connectivity index (χ4v) is 2.90. The molecule has 0 saturated heterocycles. The van der Waals surface area contributed by atoms with Crippen LogP contribution in [-0.4, -0.2) is 64.5 Å². The Labute approximate surface area is 182 Å². The van der Waals surface area contributed by atoms with Gasteiger partial charge in [-0.25, -0.2) is 9.59 Å². The van der Waals surface area contributed by atoms with Crippen LogP contribution >= 0.6 is 0 Å². The summed E-state index contributed by atoms with van der Waals surface area (Å²) in [4.78, 5) is 28.6. The summed E-state index contributed by atoms with van der Waals surface area (Å²) in [7, 11) is 0. The zero-order valence-corrected chi connectivity index (χ0v) is 18.3. The molecule has 1 atom stereocenters. The molecular formula is C21H32N4O6. The van der Waals surface area contributed by atoms with E-state index in [0.717, 1.165) is 24.0 Å². The van der Waals surface area contributed by atoms with Crippen molar-refractivity contribution in [2.45, 2.75) is 58.4 Å². The Hall–Kier alpha value is -3.01. The van der Waals surface area contributed by atoms with Crippen LogP contribution in [0.5, 0.6) is 5.75 Å². The molecule has 0 aliphatic carbocycles. The zero-order chi connectivity index (χ0) is 23.0. The number of carboxylic acids is 1. The van der Waals surface area contributed by atoms with Gasteiger partial charge < -0.3 is 35.6 Å². The number of hydrogen-bond acceptors (Lipinski definition) is 6. The van der Waals surface area contributed by atoms with Crippen molar-refractivity contribution in [3.05, 3.63) is 29.3 Å². The van der Waals surface area contributed by atoms with Gasteiger partial charge in [-0.15, -0.1) is 0 Å². The lowest BCUT2D eigenvalue weighted by molar-refractivity contribution is -0.148. The molecule has 10 nitrogen and oxygen atoms in total. The third-order valence-corrected chi connectivity index (χ3v) is 4.44. The smallest absolute Gasteiger partial charge is 0.407 e. The molecule has 0 spiro atoms. The number of alkyl carbamates (subject to hydrolysis) is 1. The molecule has 1 aromatic carbocycles. The molecule has 1 heterocycles. The fraction of sp³-hybridized carbons (Fsp3) is 0.571.